The van der Waals surface area contributed by atoms with Crippen molar-refractivity contribution < 1.29 is 19.1 Å². The van der Waals surface area contributed by atoms with Crippen molar-refractivity contribution in [1.82, 2.24) is 0 Å². The molecule has 0 aliphatic carbocycles. The topological polar surface area (TPSA) is 52.6 Å². The molecule has 0 heterocycles. The van der Waals surface area contributed by atoms with Gasteiger partial charge < -0.3 is 9.47 Å². The van der Waals surface area contributed by atoms with Crippen LogP contribution in [0, 0.1) is 0 Å². The van der Waals surface area contributed by atoms with Gasteiger partial charge in [-0.05, 0) is 41.2 Å². The van der Waals surface area contributed by atoms with E-state index in [0.717, 1.165) is 11.1 Å². The molecule has 32 heavy (non-hydrogen) atoms. The minimum Gasteiger partial charge on any atom is -0.423 e. The third-order valence-corrected chi connectivity index (χ3v) is 5.13. The minimum atomic E-state index is -0.522. The summed E-state index contributed by atoms with van der Waals surface area (Å²) in [5.74, 6) is -0.0212. The molecule has 0 N–H and O–H groups in total. The number of benzene rings is 3. The van der Waals surface area contributed by atoms with E-state index in [1.54, 1.807) is 30.3 Å². The van der Waals surface area contributed by atoms with Crippen molar-refractivity contribution >= 4 is 11.9 Å². The van der Waals surface area contributed by atoms with Gasteiger partial charge >= 0.3 is 11.9 Å². The highest BCUT2D eigenvalue weighted by Gasteiger charge is 2.23. The summed E-state index contributed by atoms with van der Waals surface area (Å²) in [4.78, 5) is 25.7. The molecule has 0 unspecified atom stereocenters. The van der Waals surface area contributed by atoms with E-state index in [4.69, 9.17) is 9.47 Å². The maximum absolute atomic E-state index is 12.8. The predicted molar refractivity (Wildman–Crippen MR) is 127 cm³/mol. The Morgan fingerprint density at radius 1 is 0.562 bits per heavy atom. The monoisotopic (exact) mass is 430 g/mol. The molecule has 0 fully saturated rings. The Morgan fingerprint density at radius 2 is 0.938 bits per heavy atom. The zero-order valence-corrected chi connectivity index (χ0v) is 19.6. The van der Waals surface area contributed by atoms with Crippen molar-refractivity contribution in [3.8, 4) is 11.5 Å². The molecule has 0 saturated heterocycles. The smallest absolute Gasteiger partial charge is 0.343 e. The highest BCUT2D eigenvalue weighted by atomic mass is 16.5. The maximum atomic E-state index is 12.8. The molecule has 3 aromatic rings. The Kier molecular flexibility index (Phi) is 6.54. The molecular weight excluding hydrogens is 400 g/mol. The Hall–Kier alpha value is -3.40. The second-order valence-electron chi connectivity index (χ2n) is 9.85. The van der Waals surface area contributed by atoms with E-state index in [0.29, 0.717) is 11.5 Å². The summed E-state index contributed by atoms with van der Waals surface area (Å²) >= 11 is 0. The largest absolute Gasteiger partial charge is 0.423 e. The minimum absolute atomic E-state index is 0.178. The number of carbonyl (C=O) groups is 2. The van der Waals surface area contributed by atoms with Crippen molar-refractivity contribution in [3.05, 3.63) is 95.1 Å². The van der Waals surface area contributed by atoms with Crippen molar-refractivity contribution in [2.24, 2.45) is 0 Å². The molecule has 3 rings (SSSR count). The predicted octanol–water partition coefficient (Wildman–Crippen LogP) is 6.72. The lowest BCUT2D eigenvalue weighted by Gasteiger charge is -2.22. The van der Waals surface area contributed by atoms with Crippen LogP contribution in [0.5, 0.6) is 11.5 Å². The number of esters is 2. The molecule has 0 spiro atoms. The van der Waals surface area contributed by atoms with Gasteiger partial charge in [0.2, 0.25) is 0 Å². The Morgan fingerprint density at radius 3 is 1.31 bits per heavy atom. The van der Waals surface area contributed by atoms with E-state index in [9.17, 15) is 9.59 Å². The molecule has 0 amide bonds. The first kappa shape index (κ1) is 23.3. The highest BCUT2D eigenvalue weighted by molar-refractivity contribution is 5.97. The lowest BCUT2D eigenvalue weighted by Crippen LogP contribution is -2.18. The highest BCUT2D eigenvalue weighted by Crippen LogP contribution is 2.32. The summed E-state index contributed by atoms with van der Waals surface area (Å²) in [7, 11) is 0. The molecule has 0 aliphatic heterocycles. The van der Waals surface area contributed by atoms with Gasteiger partial charge in [-0.2, -0.15) is 0 Å². The second-order valence-corrected chi connectivity index (χ2v) is 9.85. The van der Waals surface area contributed by atoms with Gasteiger partial charge in [-0.1, -0.05) is 84.0 Å². The zero-order valence-electron chi connectivity index (χ0n) is 19.6. The summed E-state index contributed by atoms with van der Waals surface area (Å²) in [6.45, 7) is 12.4. The van der Waals surface area contributed by atoms with Gasteiger partial charge in [-0.3, -0.25) is 0 Å². The molecule has 3 aromatic carbocycles. The second kappa shape index (κ2) is 8.99. The number of hydrogen-bond donors (Lipinski definition) is 0. The molecule has 0 bridgehead atoms. The van der Waals surface area contributed by atoms with Gasteiger partial charge in [0.05, 0.1) is 11.1 Å². The van der Waals surface area contributed by atoms with Crippen molar-refractivity contribution in [3.63, 3.8) is 0 Å². The molecule has 0 aliphatic rings. The summed E-state index contributed by atoms with van der Waals surface area (Å²) in [5, 5.41) is 0. The van der Waals surface area contributed by atoms with Crippen LogP contribution in [0.3, 0.4) is 0 Å². The summed E-state index contributed by atoms with van der Waals surface area (Å²) < 4.78 is 11.4. The van der Waals surface area contributed by atoms with E-state index < -0.39 is 11.9 Å². The number of hydrogen-bond acceptors (Lipinski definition) is 4. The van der Waals surface area contributed by atoms with Gasteiger partial charge in [-0.25, -0.2) is 9.59 Å². The third-order valence-electron chi connectivity index (χ3n) is 5.13. The number of ether oxygens (including phenoxy) is 2. The number of carbonyl (C=O) groups excluding carboxylic acids is 2. The van der Waals surface area contributed by atoms with Gasteiger partial charge in [0, 0.05) is 11.1 Å². The fourth-order valence-electron chi connectivity index (χ4n) is 3.44. The third kappa shape index (κ3) is 5.44. The standard InChI is InChI=1S/C28H30O4/c1-27(2,3)21-14-7-9-16-23(21)31-25(29)19-12-11-13-20(18-19)26(30)32-24-17-10-8-15-22(24)28(4,5)6/h7-18H,1-6H3. The Bertz CT molecular complexity index is 1040. The molecular formula is C28H30O4. The van der Waals surface area contributed by atoms with Crippen molar-refractivity contribution in [2.75, 3.05) is 0 Å². The normalized spacial score (nSPS) is 11.7. The van der Waals surface area contributed by atoms with E-state index >= 15 is 0 Å². The van der Waals surface area contributed by atoms with Gasteiger partial charge in [0.1, 0.15) is 11.5 Å². The van der Waals surface area contributed by atoms with E-state index in [2.05, 4.69) is 41.5 Å². The Balaban J connectivity index is 1.82. The molecule has 4 nitrogen and oxygen atoms in total. The van der Waals surface area contributed by atoms with Crippen LogP contribution in [-0.2, 0) is 10.8 Å². The van der Waals surface area contributed by atoms with Crippen LogP contribution in [0.25, 0.3) is 0 Å². The van der Waals surface area contributed by atoms with E-state index in [1.165, 1.54) is 6.07 Å². The molecule has 166 valence electrons. The average Bonchev–Trinajstić information content (AvgIpc) is 2.73. The van der Waals surface area contributed by atoms with Crippen LogP contribution < -0.4 is 9.47 Å². The molecule has 4 heteroatoms. The number of rotatable bonds is 4. The zero-order chi connectivity index (χ0) is 23.5. The first-order chi connectivity index (χ1) is 15.0. The van der Waals surface area contributed by atoms with Crippen molar-refractivity contribution in [1.29, 1.82) is 0 Å². The van der Waals surface area contributed by atoms with Crippen LogP contribution >= 0.6 is 0 Å². The lowest BCUT2D eigenvalue weighted by atomic mass is 9.86. The number of para-hydroxylation sites is 2. The van der Waals surface area contributed by atoms with Crippen LogP contribution in [-0.4, -0.2) is 11.9 Å². The van der Waals surface area contributed by atoms with Crippen LogP contribution in [0.4, 0.5) is 0 Å². The van der Waals surface area contributed by atoms with Gasteiger partial charge in [-0.15, -0.1) is 0 Å². The summed E-state index contributed by atoms with van der Waals surface area (Å²) in [5.41, 5.74) is 2.08. The van der Waals surface area contributed by atoms with Gasteiger partial charge in [0.15, 0.2) is 0 Å². The van der Waals surface area contributed by atoms with Crippen LogP contribution in [0.15, 0.2) is 72.8 Å². The summed E-state index contributed by atoms with van der Waals surface area (Å²) in [6, 6.07) is 21.4. The van der Waals surface area contributed by atoms with Crippen LogP contribution in [0.2, 0.25) is 0 Å². The molecule has 0 saturated carbocycles. The average molecular weight is 431 g/mol. The lowest BCUT2D eigenvalue weighted by molar-refractivity contribution is 0.0731. The first-order valence-corrected chi connectivity index (χ1v) is 10.7. The van der Waals surface area contributed by atoms with Crippen LogP contribution in [0.1, 0.15) is 73.4 Å². The van der Waals surface area contributed by atoms with E-state index in [1.807, 2.05) is 36.4 Å². The molecule has 0 aromatic heterocycles. The molecule has 0 radical (unpaired) electrons. The molecule has 0 atom stereocenters. The first-order valence-electron chi connectivity index (χ1n) is 10.7. The van der Waals surface area contributed by atoms with Gasteiger partial charge in [0.25, 0.3) is 0 Å². The maximum Gasteiger partial charge on any atom is 0.343 e. The van der Waals surface area contributed by atoms with Crippen molar-refractivity contribution in [2.45, 2.75) is 52.4 Å². The quantitative estimate of drug-likeness (QED) is 0.340. The SMILES string of the molecule is CC(C)(C)c1ccccc1OC(=O)c1cccc(C(=O)Oc2ccccc2C(C)(C)C)c1. The fourth-order valence-corrected chi connectivity index (χ4v) is 3.44. The van der Waals surface area contributed by atoms with E-state index in [-0.39, 0.29) is 22.0 Å². The Labute approximate surface area is 190 Å². The fraction of sp³-hybridized carbons (Fsp3) is 0.286. The summed E-state index contributed by atoms with van der Waals surface area (Å²) in [6.07, 6.45) is 0.